The molecule has 0 radical (unpaired) electrons. The molecule has 4 nitrogen and oxygen atoms in total. The summed E-state index contributed by atoms with van der Waals surface area (Å²) in [5.41, 5.74) is 1.21. The molecule has 0 fully saturated rings. The summed E-state index contributed by atoms with van der Waals surface area (Å²) in [5, 5.41) is 25.1. The lowest BCUT2D eigenvalue weighted by molar-refractivity contribution is 0.117. The van der Waals surface area contributed by atoms with Crippen LogP contribution in [0.4, 0.5) is 5.69 Å². The number of nitrogens with one attached hydrogen (secondary N) is 1. The van der Waals surface area contributed by atoms with Crippen LogP contribution in [0.25, 0.3) is 10.8 Å². The Morgan fingerprint density at radius 2 is 1.88 bits per heavy atom. The van der Waals surface area contributed by atoms with Crippen LogP contribution in [0, 0.1) is 11.3 Å². The zero-order chi connectivity index (χ0) is 17.6. The van der Waals surface area contributed by atoms with E-state index < -0.39 is 6.10 Å². The lowest BCUT2D eigenvalue weighted by atomic mass is 10.1. The van der Waals surface area contributed by atoms with E-state index in [1.807, 2.05) is 42.5 Å². The topological polar surface area (TPSA) is 65.3 Å². The number of nitrogens with zero attached hydrogens (tertiary/aromatic N) is 1. The van der Waals surface area contributed by atoms with Crippen LogP contribution in [-0.2, 0) is 0 Å². The summed E-state index contributed by atoms with van der Waals surface area (Å²) in [6, 6.07) is 21.1. The zero-order valence-corrected chi connectivity index (χ0v) is 14.2. The number of aliphatic hydroxyl groups excluding tert-OH is 1. The van der Waals surface area contributed by atoms with Crippen molar-refractivity contribution in [3.05, 3.63) is 71.2 Å². The Morgan fingerprint density at radius 1 is 1.08 bits per heavy atom. The van der Waals surface area contributed by atoms with E-state index in [0.717, 1.165) is 11.1 Å². The Hall–Kier alpha value is -2.74. The molecule has 0 aliphatic heterocycles. The van der Waals surface area contributed by atoms with Crippen molar-refractivity contribution in [1.29, 1.82) is 5.26 Å². The number of hydrogen-bond acceptors (Lipinski definition) is 4. The average molecular weight is 353 g/mol. The minimum absolute atomic E-state index is 0.0651. The number of rotatable bonds is 6. The maximum Gasteiger partial charge on any atom is 0.138 e. The van der Waals surface area contributed by atoms with Gasteiger partial charge in [0.25, 0.3) is 0 Å². The van der Waals surface area contributed by atoms with Gasteiger partial charge in [-0.2, -0.15) is 5.26 Å². The van der Waals surface area contributed by atoms with E-state index in [2.05, 4.69) is 11.4 Å². The lowest BCUT2D eigenvalue weighted by Crippen LogP contribution is -2.26. The maximum absolute atomic E-state index is 10.1. The molecular weight excluding hydrogens is 336 g/mol. The van der Waals surface area contributed by atoms with Crippen LogP contribution in [0.2, 0.25) is 5.02 Å². The second-order valence-electron chi connectivity index (χ2n) is 5.63. The van der Waals surface area contributed by atoms with Gasteiger partial charge in [-0.1, -0.05) is 48.0 Å². The Labute approximate surface area is 151 Å². The predicted molar refractivity (Wildman–Crippen MR) is 100 cm³/mol. The molecule has 2 N–H and O–H groups in total. The van der Waals surface area contributed by atoms with Gasteiger partial charge in [-0.15, -0.1) is 0 Å². The van der Waals surface area contributed by atoms with Crippen molar-refractivity contribution in [1.82, 2.24) is 0 Å². The number of anilines is 1. The van der Waals surface area contributed by atoms with Gasteiger partial charge < -0.3 is 15.2 Å². The number of fused-ring (bicyclic) bond motifs is 1. The third kappa shape index (κ3) is 4.21. The van der Waals surface area contributed by atoms with E-state index in [-0.39, 0.29) is 12.2 Å². The summed E-state index contributed by atoms with van der Waals surface area (Å²) in [7, 11) is 0. The smallest absolute Gasteiger partial charge is 0.138 e. The molecule has 1 atom stereocenters. The van der Waals surface area contributed by atoms with Crippen LogP contribution in [0.5, 0.6) is 5.75 Å². The number of nitriles is 1. The molecule has 0 saturated carbocycles. The highest BCUT2D eigenvalue weighted by atomic mass is 35.5. The highest BCUT2D eigenvalue weighted by molar-refractivity contribution is 6.31. The fraction of sp³-hybridized carbons (Fsp3) is 0.150. The first-order valence-electron chi connectivity index (χ1n) is 7.89. The van der Waals surface area contributed by atoms with E-state index in [1.165, 1.54) is 5.39 Å². The summed E-state index contributed by atoms with van der Waals surface area (Å²) in [6.07, 6.45) is -0.725. The van der Waals surface area contributed by atoms with Gasteiger partial charge in [-0.25, -0.2) is 0 Å². The Balaban J connectivity index is 1.57. The second-order valence-corrected chi connectivity index (χ2v) is 6.04. The Kier molecular flexibility index (Phi) is 5.39. The third-order valence-corrected chi connectivity index (χ3v) is 4.12. The molecule has 126 valence electrons. The van der Waals surface area contributed by atoms with Gasteiger partial charge >= 0.3 is 0 Å². The van der Waals surface area contributed by atoms with Crippen molar-refractivity contribution in [3.8, 4) is 11.8 Å². The highest BCUT2D eigenvalue weighted by Gasteiger charge is 2.10. The molecule has 3 aromatic carbocycles. The van der Waals surface area contributed by atoms with E-state index in [4.69, 9.17) is 21.6 Å². The van der Waals surface area contributed by atoms with Crippen LogP contribution in [-0.4, -0.2) is 24.4 Å². The van der Waals surface area contributed by atoms with Gasteiger partial charge in [0.05, 0.1) is 5.02 Å². The maximum atomic E-state index is 10.1. The molecule has 3 aromatic rings. The third-order valence-electron chi connectivity index (χ3n) is 3.81. The fourth-order valence-corrected chi connectivity index (χ4v) is 2.72. The van der Waals surface area contributed by atoms with Crippen molar-refractivity contribution in [3.63, 3.8) is 0 Å². The predicted octanol–water partition coefficient (Wildman–Crippen LogP) is 4.22. The second kappa shape index (κ2) is 7.89. The minimum atomic E-state index is -0.725. The van der Waals surface area contributed by atoms with Gasteiger partial charge in [0.1, 0.15) is 30.1 Å². The average Bonchev–Trinajstić information content (AvgIpc) is 2.64. The van der Waals surface area contributed by atoms with Crippen LogP contribution in [0.1, 0.15) is 5.56 Å². The monoisotopic (exact) mass is 352 g/mol. The van der Waals surface area contributed by atoms with Crippen LogP contribution < -0.4 is 10.1 Å². The van der Waals surface area contributed by atoms with Crippen LogP contribution in [0.15, 0.2) is 60.7 Å². The molecule has 0 aliphatic carbocycles. The van der Waals surface area contributed by atoms with Gasteiger partial charge in [0.2, 0.25) is 0 Å². The van der Waals surface area contributed by atoms with E-state index in [1.54, 1.807) is 18.2 Å². The number of halogens is 1. The van der Waals surface area contributed by atoms with Crippen LogP contribution >= 0.6 is 11.6 Å². The zero-order valence-electron chi connectivity index (χ0n) is 13.4. The van der Waals surface area contributed by atoms with E-state index in [0.29, 0.717) is 17.3 Å². The molecule has 0 aromatic heterocycles. The molecule has 3 rings (SSSR count). The normalized spacial score (nSPS) is 11.7. The SMILES string of the molecule is N#Cc1c(Cl)cccc1OC[C@H](O)CNc1ccc2ccccc2c1. The summed E-state index contributed by atoms with van der Waals surface area (Å²) in [6.45, 7) is 0.399. The fourth-order valence-electron chi connectivity index (χ4n) is 2.51. The number of ether oxygens (including phenoxy) is 1. The number of benzene rings is 3. The molecule has 0 amide bonds. The molecule has 0 heterocycles. The van der Waals surface area contributed by atoms with Crippen molar-refractivity contribution >= 4 is 28.1 Å². The lowest BCUT2D eigenvalue weighted by Gasteiger charge is -2.15. The molecule has 0 aliphatic rings. The summed E-state index contributed by atoms with van der Waals surface area (Å²) in [5.74, 6) is 0.375. The molecule has 0 spiro atoms. The van der Waals surface area contributed by atoms with Crippen molar-refractivity contribution < 1.29 is 9.84 Å². The Bertz CT molecular complexity index is 921. The first-order valence-corrected chi connectivity index (χ1v) is 8.27. The van der Waals surface area contributed by atoms with E-state index in [9.17, 15) is 5.11 Å². The van der Waals surface area contributed by atoms with E-state index >= 15 is 0 Å². The first-order chi connectivity index (χ1) is 12.2. The van der Waals surface area contributed by atoms with Crippen molar-refractivity contribution in [2.24, 2.45) is 0 Å². The molecule has 0 unspecified atom stereocenters. The standard InChI is InChI=1S/C20H17ClN2O2/c21-19-6-3-7-20(18(19)11-22)25-13-17(24)12-23-16-9-8-14-4-1-2-5-15(14)10-16/h1-10,17,23-24H,12-13H2/t17-/m1/s1. The quantitative estimate of drug-likeness (QED) is 0.697. The molecule has 0 saturated heterocycles. The van der Waals surface area contributed by atoms with Gasteiger partial charge in [-0.05, 0) is 35.0 Å². The van der Waals surface area contributed by atoms with Gasteiger partial charge in [0, 0.05) is 12.2 Å². The summed E-state index contributed by atoms with van der Waals surface area (Å²) in [4.78, 5) is 0. The molecule has 25 heavy (non-hydrogen) atoms. The largest absolute Gasteiger partial charge is 0.489 e. The first kappa shape index (κ1) is 17.1. The van der Waals surface area contributed by atoms with Crippen molar-refractivity contribution in [2.45, 2.75) is 6.10 Å². The molecular formula is C20H17ClN2O2. The summed E-state index contributed by atoms with van der Waals surface area (Å²) < 4.78 is 5.53. The molecule has 0 bridgehead atoms. The number of aliphatic hydroxyl groups is 1. The van der Waals surface area contributed by atoms with Gasteiger partial charge in [-0.3, -0.25) is 0 Å². The van der Waals surface area contributed by atoms with Crippen LogP contribution in [0.3, 0.4) is 0 Å². The van der Waals surface area contributed by atoms with Gasteiger partial charge in [0.15, 0.2) is 0 Å². The van der Waals surface area contributed by atoms with Crippen molar-refractivity contribution in [2.75, 3.05) is 18.5 Å². The summed E-state index contributed by atoms with van der Waals surface area (Å²) >= 11 is 5.96. The number of hydrogen-bond donors (Lipinski definition) is 2. The highest BCUT2D eigenvalue weighted by Crippen LogP contribution is 2.25. The molecule has 5 heteroatoms. The Morgan fingerprint density at radius 3 is 2.68 bits per heavy atom. The minimum Gasteiger partial charge on any atom is -0.489 e.